The van der Waals surface area contributed by atoms with Gasteiger partial charge in [0, 0.05) is 6.54 Å². The molecule has 0 aliphatic heterocycles. The van der Waals surface area contributed by atoms with E-state index in [-0.39, 0.29) is 11.7 Å². The van der Waals surface area contributed by atoms with Gasteiger partial charge in [0.05, 0.1) is 0 Å². The highest BCUT2D eigenvalue weighted by molar-refractivity contribution is 5.22. The number of hydrogen-bond acceptors (Lipinski definition) is 1. The van der Waals surface area contributed by atoms with Gasteiger partial charge in [-0.25, -0.2) is 4.39 Å². The smallest absolute Gasteiger partial charge is 0.126 e. The van der Waals surface area contributed by atoms with Crippen molar-refractivity contribution in [1.29, 1.82) is 0 Å². The third kappa shape index (κ3) is 4.47. The molecule has 17 heavy (non-hydrogen) atoms. The van der Waals surface area contributed by atoms with Crippen molar-refractivity contribution < 1.29 is 4.39 Å². The van der Waals surface area contributed by atoms with Crippen LogP contribution in [0.3, 0.4) is 0 Å². The molecule has 2 unspecified atom stereocenters. The van der Waals surface area contributed by atoms with Gasteiger partial charge in [-0.15, -0.1) is 0 Å². The first-order chi connectivity index (χ1) is 8.19. The quantitative estimate of drug-likeness (QED) is 0.757. The number of nitrogens with one attached hydrogen (secondary N) is 1. The van der Waals surface area contributed by atoms with Gasteiger partial charge in [0.2, 0.25) is 0 Å². The predicted molar refractivity (Wildman–Crippen MR) is 71.8 cm³/mol. The number of hydrogen-bond donors (Lipinski definition) is 1. The fourth-order valence-corrected chi connectivity index (χ4v) is 2.47. The molecule has 0 spiro atoms. The fourth-order valence-electron chi connectivity index (χ4n) is 2.47. The molecule has 0 aliphatic carbocycles. The molecule has 2 atom stereocenters. The zero-order chi connectivity index (χ0) is 12.7. The van der Waals surface area contributed by atoms with Gasteiger partial charge in [-0.05, 0) is 36.9 Å². The van der Waals surface area contributed by atoms with Crippen molar-refractivity contribution >= 4 is 0 Å². The normalized spacial score (nSPS) is 14.6. The Hall–Kier alpha value is -0.890. The molecule has 1 N–H and O–H groups in total. The van der Waals surface area contributed by atoms with E-state index in [0.29, 0.717) is 5.92 Å². The van der Waals surface area contributed by atoms with E-state index in [1.165, 1.54) is 12.8 Å². The van der Waals surface area contributed by atoms with Crippen LogP contribution in [-0.4, -0.2) is 13.6 Å². The molecule has 1 aromatic carbocycles. The van der Waals surface area contributed by atoms with Crippen LogP contribution in [0.4, 0.5) is 4.39 Å². The Bertz CT molecular complexity index is 324. The van der Waals surface area contributed by atoms with E-state index in [4.69, 9.17) is 0 Å². The van der Waals surface area contributed by atoms with Crippen LogP contribution in [0.25, 0.3) is 0 Å². The highest BCUT2D eigenvalue weighted by atomic mass is 19.1. The monoisotopic (exact) mass is 237 g/mol. The van der Waals surface area contributed by atoms with Crippen LogP contribution in [0.15, 0.2) is 24.3 Å². The maximum absolute atomic E-state index is 13.8. The summed E-state index contributed by atoms with van der Waals surface area (Å²) in [5.41, 5.74) is 0.852. The maximum atomic E-state index is 13.8. The van der Waals surface area contributed by atoms with E-state index in [0.717, 1.165) is 18.5 Å². The van der Waals surface area contributed by atoms with Gasteiger partial charge in [0.15, 0.2) is 0 Å². The average Bonchev–Trinajstić information content (AvgIpc) is 2.29. The van der Waals surface area contributed by atoms with Crippen LogP contribution in [-0.2, 0) is 0 Å². The number of likely N-dealkylation sites (N-methyl/N-ethyl adjacent to an activating group) is 1. The van der Waals surface area contributed by atoms with E-state index in [2.05, 4.69) is 19.2 Å². The summed E-state index contributed by atoms with van der Waals surface area (Å²) >= 11 is 0. The number of rotatable bonds is 7. The summed E-state index contributed by atoms with van der Waals surface area (Å²) in [4.78, 5) is 0. The molecule has 1 aromatic rings. The molecular formula is C15H24FN. The number of benzene rings is 1. The minimum Gasteiger partial charge on any atom is -0.319 e. The van der Waals surface area contributed by atoms with E-state index < -0.39 is 0 Å². The molecule has 0 heterocycles. The zero-order valence-electron chi connectivity index (χ0n) is 11.2. The summed E-state index contributed by atoms with van der Waals surface area (Å²) in [5, 5.41) is 3.17. The lowest BCUT2D eigenvalue weighted by Gasteiger charge is -2.21. The van der Waals surface area contributed by atoms with Crippen molar-refractivity contribution in [3.63, 3.8) is 0 Å². The molecule has 2 heteroatoms. The summed E-state index contributed by atoms with van der Waals surface area (Å²) in [6.07, 6.45) is 3.47. The Morgan fingerprint density at radius 1 is 1.29 bits per heavy atom. The van der Waals surface area contributed by atoms with Crippen molar-refractivity contribution in [3.05, 3.63) is 35.6 Å². The Kier molecular flexibility index (Phi) is 6.20. The first kappa shape index (κ1) is 14.2. The molecule has 0 saturated heterocycles. The Morgan fingerprint density at radius 2 is 2.00 bits per heavy atom. The van der Waals surface area contributed by atoms with Crippen molar-refractivity contribution in [2.45, 2.75) is 39.0 Å². The average molecular weight is 237 g/mol. The van der Waals surface area contributed by atoms with Crippen molar-refractivity contribution in [1.82, 2.24) is 5.32 Å². The molecule has 0 saturated carbocycles. The van der Waals surface area contributed by atoms with Gasteiger partial charge in [-0.1, -0.05) is 44.9 Å². The molecule has 0 aromatic heterocycles. The second kappa shape index (κ2) is 7.44. The summed E-state index contributed by atoms with van der Waals surface area (Å²) in [7, 11) is 1.93. The van der Waals surface area contributed by atoms with Crippen LogP contribution in [0.2, 0.25) is 0 Å². The van der Waals surface area contributed by atoms with Crippen LogP contribution in [0.1, 0.15) is 44.6 Å². The van der Waals surface area contributed by atoms with E-state index in [9.17, 15) is 4.39 Å². The molecule has 0 aliphatic rings. The summed E-state index contributed by atoms with van der Waals surface area (Å²) in [5.74, 6) is 0.858. The molecule has 1 nitrogen and oxygen atoms in total. The standard InChI is InChI=1S/C15H24FN/c1-4-7-12(2)10-13(11-17-3)14-8-5-6-9-15(14)16/h5-6,8-9,12-13,17H,4,7,10-11H2,1-3H3. The lowest BCUT2D eigenvalue weighted by Crippen LogP contribution is -2.20. The molecule has 0 radical (unpaired) electrons. The second-order valence-electron chi connectivity index (χ2n) is 4.91. The third-order valence-electron chi connectivity index (χ3n) is 3.26. The summed E-state index contributed by atoms with van der Waals surface area (Å²) in [6.45, 7) is 5.30. The SMILES string of the molecule is CCCC(C)CC(CNC)c1ccccc1F. The van der Waals surface area contributed by atoms with Gasteiger partial charge in [0.25, 0.3) is 0 Å². The maximum Gasteiger partial charge on any atom is 0.126 e. The lowest BCUT2D eigenvalue weighted by molar-refractivity contribution is 0.418. The molecule has 96 valence electrons. The molecule has 0 fully saturated rings. The Labute approximate surface area is 104 Å². The highest BCUT2D eigenvalue weighted by Crippen LogP contribution is 2.27. The van der Waals surface area contributed by atoms with Gasteiger partial charge in [-0.3, -0.25) is 0 Å². The van der Waals surface area contributed by atoms with Crippen LogP contribution >= 0.6 is 0 Å². The minimum absolute atomic E-state index is 0.0727. The topological polar surface area (TPSA) is 12.0 Å². The van der Waals surface area contributed by atoms with Crippen LogP contribution in [0.5, 0.6) is 0 Å². The minimum atomic E-state index is -0.0727. The molecule has 0 amide bonds. The Morgan fingerprint density at radius 3 is 2.59 bits per heavy atom. The molecular weight excluding hydrogens is 213 g/mol. The van der Waals surface area contributed by atoms with Gasteiger partial charge < -0.3 is 5.32 Å². The van der Waals surface area contributed by atoms with Gasteiger partial charge >= 0.3 is 0 Å². The van der Waals surface area contributed by atoms with Gasteiger partial charge in [-0.2, -0.15) is 0 Å². The largest absolute Gasteiger partial charge is 0.319 e. The van der Waals surface area contributed by atoms with Gasteiger partial charge in [0.1, 0.15) is 5.82 Å². The van der Waals surface area contributed by atoms with E-state index >= 15 is 0 Å². The number of halogens is 1. The first-order valence-corrected chi connectivity index (χ1v) is 6.58. The fraction of sp³-hybridized carbons (Fsp3) is 0.600. The highest BCUT2D eigenvalue weighted by Gasteiger charge is 2.17. The van der Waals surface area contributed by atoms with E-state index in [1.807, 2.05) is 19.2 Å². The lowest BCUT2D eigenvalue weighted by atomic mass is 9.87. The Balaban J connectivity index is 2.75. The second-order valence-corrected chi connectivity index (χ2v) is 4.91. The molecule has 0 bridgehead atoms. The molecule has 1 rings (SSSR count). The summed E-state index contributed by atoms with van der Waals surface area (Å²) < 4.78 is 13.8. The predicted octanol–water partition coefficient (Wildman–Crippen LogP) is 3.96. The first-order valence-electron chi connectivity index (χ1n) is 6.58. The van der Waals surface area contributed by atoms with Crippen molar-refractivity contribution in [3.8, 4) is 0 Å². The third-order valence-corrected chi connectivity index (χ3v) is 3.26. The van der Waals surface area contributed by atoms with Crippen LogP contribution in [0, 0.1) is 11.7 Å². The summed E-state index contributed by atoms with van der Waals surface area (Å²) in [6, 6.07) is 7.15. The van der Waals surface area contributed by atoms with Crippen molar-refractivity contribution in [2.75, 3.05) is 13.6 Å². The van der Waals surface area contributed by atoms with Crippen molar-refractivity contribution in [2.24, 2.45) is 5.92 Å². The van der Waals surface area contributed by atoms with E-state index in [1.54, 1.807) is 12.1 Å². The van der Waals surface area contributed by atoms with Crippen LogP contribution < -0.4 is 5.32 Å². The zero-order valence-corrected chi connectivity index (χ0v) is 11.2.